The topological polar surface area (TPSA) is 54.5 Å². The Morgan fingerprint density at radius 1 is 1.40 bits per heavy atom. The molecular weight excluding hydrogens is 305 g/mol. The molecule has 0 bridgehead atoms. The molecule has 4 nitrogen and oxygen atoms in total. The van der Waals surface area contributed by atoms with Gasteiger partial charge < -0.3 is 4.90 Å². The van der Waals surface area contributed by atoms with E-state index in [1.54, 1.807) is 7.05 Å². The maximum atomic E-state index is 13.8. The summed E-state index contributed by atoms with van der Waals surface area (Å²) in [6.45, 7) is 5.66. The summed E-state index contributed by atoms with van der Waals surface area (Å²) in [7, 11) is 2.74. The number of carbonyl (C=O) groups is 1. The van der Waals surface area contributed by atoms with Crippen molar-refractivity contribution in [2.45, 2.75) is 25.7 Å². The van der Waals surface area contributed by atoms with Crippen LogP contribution in [0.5, 0.6) is 0 Å². The van der Waals surface area contributed by atoms with E-state index in [1.807, 2.05) is 13.8 Å². The predicted molar refractivity (Wildman–Crippen MR) is 76.0 cm³/mol. The zero-order valence-corrected chi connectivity index (χ0v) is 13.3. The van der Waals surface area contributed by atoms with Gasteiger partial charge in [-0.3, -0.25) is 4.79 Å². The van der Waals surface area contributed by atoms with Crippen LogP contribution in [0.2, 0.25) is 0 Å². The molecule has 1 aromatic rings. The fourth-order valence-electron chi connectivity index (χ4n) is 1.88. The van der Waals surface area contributed by atoms with Gasteiger partial charge in [-0.1, -0.05) is 13.8 Å². The number of hydrogen-bond donors (Lipinski definition) is 0. The Balaban J connectivity index is 3.28. The first-order valence-electron chi connectivity index (χ1n) is 6.04. The highest BCUT2D eigenvalue weighted by atomic mass is 35.7. The van der Waals surface area contributed by atoms with Gasteiger partial charge in [-0.25, -0.2) is 12.8 Å². The largest absolute Gasteiger partial charge is 0.341 e. The molecule has 0 spiro atoms. The van der Waals surface area contributed by atoms with Crippen molar-refractivity contribution in [3.05, 3.63) is 29.1 Å². The average molecular weight is 322 g/mol. The van der Waals surface area contributed by atoms with E-state index in [0.29, 0.717) is 6.54 Å². The minimum Gasteiger partial charge on any atom is -0.341 e. The first kappa shape index (κ1) is 16.9. The van der Waals surface area contributed by atoms with Crippen LogP contribution in [0, 0.1) is 18.7 Å². The highest BCUT2D eigenvalue weighted by Gasteiger charge is 2.21. The van der Waals surface area contributed by atoms with Crippen LogP contribution in [0.4, 0.5) is 4.39 Å². The fraction of sp³-hybridized carbons (Fsp3) is 0.462. The monoisotopic (exact) mass is 321 g/mol. The molecule has 1 rings (SSSR count). The van der Waals surface area contributed by atoms with Crippen molar-refractivity contribution >= 4 is 25.6 Å². The van der Waals surface area contributed by atoms with Crippen molar-refractivity contribution < 1.29 is 17.6 Å². The SMILES string of the molecule is Cc1c(F)cc(C(=O)N(C)CC(C)C)cc1S(=O)(=O)Cl. The van der Waals surface area contributed by atoms with E-state index in [-0.39, 0.29) is 21.9 Å². The third-order valence-electron chi connectivity index (χ3n) is 2.79. The van der Waals surface area contributed by atoms with Crippen molar-refractivity contribution in [1.82, 2.24) is 4.90 Å². The Hall–Kier alpha value is -1.14. The first-order valence-corrected chi connectivity index (χ1v) is 8.35. The molecule has 7 heteroatoms. The molecule has 0 aliphatic rings. The average Bonchev–Trinajstić information content (AvgIpc) is 2.29. The van der Waals surface area contributed by atoms with Crippen LogP contribution in [0.1, 0.15) is 29.8 Å². The lowest BCUT2D eigenvalue weighted by molar-refractivity contribution is 0.0778. The minimum absolute atomic E-state index is 0.0320. The van der Waals surface area contributed by atoms with Crippen molar-refractivity contribution in [1.29, 1.82) is 0 Å². The highest BCUT2D eigenvalue weighted by Crippen LogP contribution is 2.24. The molecule has 0 radical (unpaired) electrons. The van der Waals surface area contributed by atoms with E-state index in [2.05, 4.69) is 0 Å². The second-order valence-electron chi connectivity index (χ2n) is 5.10. The van der Waals surface area contributed by atoms with E-state index < -0.39 is 20.8 Å². The highest BCUT2D eigenvalue weighted by molar-refractivity contribution is 8.13. The number of halogens is 2. The lowest BCUT2D eigenvalue weighted by Crippen LogP contribution is -2.30. The Labute approximate surface area is 123 Å². The summed E-state index contributed by atoms with van der Waals surface area (Å²) in [4.78, 5) is 13.2. The molecule has 1 amide bonds. The van der Waals surface area contributed by atoms with Crippen molar-refractivity contribution in [3.63, 3.8) is 0 Å². The number of rotatable bonds is 4. The second-order valence-corrected chi connectivity index (χ2v) is 7.63. The van der Waals surface area contributed by atoms with Crippen LogP contribution in [-0.4, -0.2) is 32.8 Å². The van der Waals surface area contributed by atoms with Crippen LogP contribution in [0.3, 0.4) is 0 Å². The molecule has 0 aromatic heterocycles. The summed E-state index contributed by atoms with van der Waals surface area (Å²) in [6.07, 6.45) is 0. The summed E-state index contributed by atoms with van der Waals surface area (Å²) in [6, 6.07) is 2.14. The smallest absolute Gasteiger partial charge is 0.261 e. The van der Waals surface area contributed by atoms with Gasteiger partial charge in [-0.2, -0.15) is 0 Å². The van der Waals surface area contributed by atoms with Crippen molar-refractivity contribution in [2.75, 3.05) is 13.6 Å². The molecule has 0 saturated heterocycles. The number of nitrogens with zero attached hydrogens (tertiary/aromatic N) is 1. The van der Waals surface area contributed by atoms with E-state index in [1.165, 1.54) is 11.8 Å². The molecule has 0 fully saturated rings. The summed E-state index contributed by atoms with van der Waals surface area (Å²) < 4.78 is 36.6. The minimum atomic E-state index is -4.10. The van der Waals surface area contributed by atoms with Gasteiger partial charge in [0.15, 0.2) is 0 Å². The third kappa shape index (κ3) is 3.93. The molecule has 0 unspecified atom stereocenters. The fourth-order valence-corrected chi connectivity index (χ4v) is 3.09. The lowest BCUT2D eigenvalue weighted by Gasteiger charge is -2.20. The van der Waals surface area contributed by atoms with E-state index in [0.717, 1.165) is 12.1 Å². The molecule has 0 aliphatic carbocycles. The van der Waals surface area contributed by atoms with Crippen LogP contribution in [0.15, 0.2) is 17.0 Å². The molecular formula is C13H17ClFNO3S. The van der Waals surface area contributed by atoms with E-state index >= 15 is 0 Å². The molecule has 0 atom stereocenters. The molecule has 0 heterocycles. The molecule has 0 aliphatic heterocycles. The van der Waals surface area contributed by atoms with E-state index in [4.69, 9.17) is 10.7 Å². The molecule has 1 aromatic carbocycles. The number of hydrogen-bond acceptors (Lipinski definition) is 3. The van der Waals surface area contributed by atoms with Gasteiger partial charge in [0.1, 0.15) is 5.82 Å². The van der Waals surface area contributed by atoms with Crippen LogP contribution in [-0.2, 0) is 9.05 Å². The molecule has 0 saturated carbocycles. The summed E-state index contributed by atoms with van der Waals surface area (Å²) >= 11 is 0. The summed E-state index contributed by atoms with van der Waals surface area (Å²) in [5.74, 6) is -0.970. The quantitative estimate of drug-likeness (QED) is 0.801. The standard InChI is InChI=1S/C13H17ClFNO3S/c1-8(2)7-16(4)13(17)10-5-11(15)9(3)12(6-10)20(14,18)19/h5-6,8H,7H2,1-4H3. The predicted octanol–water partition coefficient (Wildman–Crippen LogP) is 2.79. The Morgan fingerprint density at radius 3 is 2.40 bits per heavy atom. The lowest BCUT2D eigenvalue weighted by atomic mass is 10.1. The van der Waals surface area contributed by atoms with Crippen LogP contribution in [0.25, 0.3) is 0 Å². The van der Waals surface area contributed by atoms with Gasteiger partial charge in [0.2, 0.25) is 0 Å². The van der Waals surface area contributed by atoms with Gasteiger partial charge >= 0.3 is 0 Å². The number of benzene rings is 1. The van der Waals surface area contributed by atoms with Crippen LogP contribution < -0.4 is 0 Å². The zero-order chi connectivity index (χ0) is 15.7. The molecule has 112 valence electrons. The van der Waals surface area contributed by atoms with Crippen molar-refractivity contribution in [2.24, 2.45) is 5.92 Å². The summed E-state index contributed by atoms with van der Waals surface area (Å²) in [5.41, 5.74) is -0.126. The Kier molecular flexibility index (Phi) is 5.15. The van der Waals surface area contributed by atoms with Crippen molar-refractivity contribution in [3.8, 4) is 0 Å². The molecule has 20 heavy (non-hydrogen) atoms. The maximum absolute atomic E-state index is 13.8. The second kappa shape index (κ2) is 6.10. The Morgan fingerprint density at radius 2 is 1.95 bits per heavy atom. The van der Waals surface area contributed by atoms with Gasteiger partial charge in [-0.05, 0) is 25.0 Å². The first-order chi connectivity index (χ1) is 9.04. The van der Waals surface area contributed by atoms with Crippen LogP contribution >= 0.6 is 10.7 Å². The number of carbonyl (C=O) groups excluding carboxylic acids is 1. The Bertz CT molecular complexity index is 629. The number of amides is 1. The van der Waals surface area contributed by atoms with Gasteiger partial charge in [0.05, 0.1) is 4.90 Å². The normalized spacial score (nSPS) is 11.8. The third-order valence-corrected chi connectivity index (χ3v) is 4.24. The van der Waals surface area contributed by atoms with E-state index in [9.17, 15) is 17.6 Å². The van der Waals surface area contributed by atoms with Gasteiger partial charge in [0, 0.05) is 35.4 Å². The molecule has 0 N–H and O–H groups in total. The zero-order valence-electron chi connectivity index (χ0n) is 11.8. The van der Waals surface area contributed by atoms with Gasteiger partial charge in [-0.15, -0.1) is 0 Å². The van der Waals surface area contributed by atoms with Gasteiger partial charge in [0.25, 0.3) is 15.0 Å². The maximum Gasteiger partial charge on any atom is 0.261 e. The summed E-state index contributed by atoms with van der Waals surface area (Å²) in [5, 5.41) is 0.